The average Bonchev–Trinajstić information content (AvgIpc) is 2.54. The third-order valence-corrected chi connectivity index (χ3v) is 3.16. The van der Waals surface area contributed by atoms with Crippen LogP contribution in [0.2, 0.25) is 0 Å². The van der Waals surface area contributed by atoms with Crippen LogP contribution in [0, 0.1) is 10.1 Å². The smallest absolute Gasteiger partial charge is 0.339 e. The number of nitrogens with one attached hydrogen (secondary N) is 1. The van der Waals surface area contributed by atoms with Crippen molar-refractivity contribution in [1.29, 1.82) is 0 Å². The van der Waals surface area contributed by atoms with Crippen molar-refractivity contribution in [2.75, 3.05) is 12.4 Å². The first-order chi connectivity index (χ1) is 11.3. The summed E-state index contributed by atoms with van der Waals surface area (Å²) in [7, 11) is 1.28. The number of anilines is 2. The van der Waals surface area contributed by atoms with Crippen molar-refractivity contribution in [2.45, 2.75) is 0 Å². The fourth-order valence-electron chi connectivity index (χ4n) is 2.10. The maximum atomic E-state index is 11.3. The molecule has 0 bridgehead atoms. The van der Waals surface area contributed by atoms with Gasteiger partial charge in [0.25, 0.3) is 5.69 Å². The summed E-state index contributed by atoms with van der Waals surface area (Å²) in [6, 6.07) is 7.58. The third-order valence-electron chi connectivity index (χ3n) is 3.16. The van der Waals surface area contributed by atoms with Gasteiger partial charge in [-0.05, 0) is 18.2 Å². The molecular weight excluding hydrogens is 320 g/mol. The summed E-state index contributed by atoms with van der Waals surface area (Å²) < 4.78 is 5.07. The molecule has 3 N–H and O–H groups in total. The summed E-state index contributed by atoms with van der Waals surface area (Å²) in [6.45, 7) is 0. The SMILES string of the molecule is COc1c(Nc2ccc([N+](=O)[O-])cc2C(=O)O)cccc1C(=O)O. The van der Waals surface area contributed by atoms with Gasteiger partial charge in [0.2, 0.25) is 0 Å². The van der Waals surface area contributed by atoms with Crippen LogP contribution in [-0.4, -0.2) is 34.2 Å². The lowest BCUT2D eigenvalue weighted by Gasteiger charge is -2.14. The molecule has 0 saturated heterocycles. The molecule has 0 aliphatic rings. The zero-order valence-corrected chi connectivity index (χ0v) is 12.3. The summed E-state index contributed by atoms with van der Waals surface area (Å²) in [5.74, 6) is -2.56. The molecule has 0 amide bonds. The number of nitro benzene ring substituents is 1. The third kappa shape index (κ3) is 3.24. The molecule has 0 unspecified atom stereocenters. The van der Waals surface area contributed by atoms with Crippen molar-refractivity contribution in [2.24, 2.45) is 0 Å². The number of carboxylic acid groups (broad SMARTS) is 2. The number of benzene rings is 2. The molecular formula is C15H12N2O7. The lowest BCUT2D eigenvalue weighted by Crippen LogP contribution is -2.07. The second-order valence-electron chi connectivity index (χ2n) is 4.61. The van der Waals surface area contributed by atoms with Gasteiger partial charge in [-0.1, -0.05) is 6.07 Å². The summed E-state index contributed by atoms with van der Waals surface area (Å²) in [5.41, 5.74) is -0.528. The van der Waals surface area contributed by atoms with Crippen LogP contribution in [-0.2, 0) is 0 Å². The standard InChI is InChI=1S/C15H12N2O7/c1-24-13-9(14(18)19)3-2-4-12(13)16-11-6-5-8(17(22)23)7-10(11)15(20)21/h2-7,16H,1H3,(H,18,19)(H,20,21). The van der Waals surface area contributed by atoms with Gasteiger partial charge in [-0.25, -0.2) is 9.59 Å². The number of nitrogens with zero attached hydrogens (tertiary/aromatic N) is 1. The fraction of sp³-hybridized carbons (Fsp3) is 0.0667. The topological polar surface area (TPSA) is 139 Å². The molecule has 0 radical (unpaired) electrons. The second-order valence-corrected chi connectivity index (χ2v) is 4.61. The number of methoxy groups -OCH3 is 1. The average molecular weight is 332 g/mol. The van der Waals surface area contributed by atoms with Crippen LogP contribution in [0.3, 0.4) is 0 Å². The molecule has 0 fully saturated rings. The molecule has 9 heteroatoms. The molecule has 124 valence electrons. The van der Waals surface area contributed by atoms with Crippen LogP contribution in [0.1, 0.15) is 20.7 Å². The predicted octanol–water partition coefficient (Wildman–Crippen LogP) is 2.74. The van der Waals surface area contributed by atoms with E-state index in [-0.39, 0.29) is 33.9 Å². The van der Waals surface area contributed by atoms with Gasteiger partial charge >= 0.3 is 11.9 Å². The lowest BCUT2D eigenvalue weighted by atomic mass is 10.1. The van der Waals surface area contributed by atoms with E-state index in [0.29, 0.717) is 0 Å². The van der Waals surface area contributed by atoms with Crippen molar-refractivity contribution in [1.82, 2.24) is 0 Å². The zero-order valence-electron chi connectivity index (χ0n) is 12.3. The molecule has 0 saturated carbocycles. The van der Waals surface area contributed by atoms with Crippen LogP contribution in [0.15, 0.2) is 36.4 Å². The maximum Gasteiger partial charge on any atom is 0.339 e. The highest BCUT2D eigenvalue weighted by molar-refractivity contribution is 5.98. The van der Waals surface area contributed by atoms with E-state index in [2.05, 4.69) is 5.32 Å². The number of nitro groups is 1. The van der Waals surface area contributed by atoms with Gasteiger partial charge in [0.1, 0.15) is 5.56 Å². The quantitative estimate of drug-likeness (QED) is 0.542. The normalized spacial score (nSPS) is 10.0. The highest BCUT2D eigenvalue weighted by Gasteiger charge is 2.19. The highest BCUT2D eigenvalue weighted by Crippen LogP contribution is 2.33. The van der Waals surface area contributed by atoms with Gasteiger partial charge in [-0.15, -0.1) is 0 Å². The molecule has 9 nitrogen and oxygen atoms in total. The number of aromatic carboxylic acids is 2. The number of carbonyl (C=O) groups is 2. The molecule has 0 aliphatic heterocycles. The van der Waals surface area contributed by atoms with Crippen LogP contribution in [0.4, 0.5) is 17.1 Å². The Morgan fingerprint density at radius 1 is 1.08 bits per heavy atom. The van der Waals surface area contributed by atoms with E-state index in [1.165, 1.54) is 31.4 Å². The van der Waals surface area contributed by atoms with Gasteiger partial charge < -0.3 is 20.3 Å². The number of hydrogen-bond acceptors (Lipinski definition) is 6. The van der Waals surface area contributed by atoms with Crippen molar-refractivity contribution >= 4 is 29.0 Å². The first-order valence-electron chi connectivity index (χ1n) is 6.54. The molecule has 2 rings (SSSR count). The summed E-state index contributed by atoms with van der Waals surface area (Å²) in [6.07, 6.45) is 0. The lowest BCUT2D eigenvalue weighted by molar-refractivity contribution is -0.384. The first kappa shape index (κ1) is 16.7. The van der Waals surface area contributed by atoms with Crippen LogP contribution >= 0.6 is 0 Å². The molecule has 0 heterocycles. The van der Waals surface area contributed by atoms with Crippen molar-refractivity contribution in [3.63, 3.8) is 0 Å². The number of para-hydroxylation sites is 1. The van der Waals surface area contributed by atoms with Gasteiger partial charge in [0.15, 0.2) is 5.75 Å². The molecule has 2 aromatic carbocycles. The Hall–Kier alpha value is -3.62. The Balaban J connectivity index is 2.52. The minimum Gasteiger partial charge on any atom is -0.494 e. The molecule has 24 heavy (non-hydrogen) atoms. The maximum absolute atomic E-state index is 11.3. The van der Waals surface area contributed by atoms with Gasteiger partial charge in [-0.2, -0.15) is 0 Å². The van der Waals surface area contributed by atoms with E-state index < -0.39 is 16.9 Å². The second kappa shape index (κ2) is 6.65. The van der Waals surface area contributed by atoms with Gasteiger partial charge in [0, 0.05) is 12.1 Å². The number of ether oxygens (including phenoxy) is 1. The van der Waals surface area contributed by atoms with Crippen LogP contribution in [0.5, 0.6) is 5.75 Å². The Morgan fingerprint density at radius 3 is 2.29 bits per heavy atom. The summed E-state index contributed by atoms with van der Waals surface area (Å²) in [5, 5.41) is 31.9. The minimum absolute atomic E-state index is 0.0136. The van der Waals surface area contributed by atoms with Crippen LogP contribution < -0.4 is 10.1 Å². The van der Waals surface area contributed by atoms with E-state index >= 15 is 0 Å². The van der Waals surface area contributed by atoms with E-state index in [4.69, 9.17) is 9.84 Å². The van der Waals surface area contributed by atoms with Crippen LogP contribution in [0.25, 0.3) is 0 Å². The minimum atomic E-state index is -1.37. The Bertz CT molecular complexity index is 833. The number of rotatable bonds is 6. The van der Waals surface area contributed by atoms with E-state index in [0.717, 1.165) is 12.1 Å². The Labute approximate surface area is 135 Å². The van der Waals surface area contributed by atoms with Crippen molar-refractivity contribution < 1.29 is 29.5 Å². The Morgan fingerprint density at radius 2 is 1.75 bits per heavy atom. The highest BCUT2D eigenvalue weighted by atomic mass is 16.6. The molecule has 0 aliphatic carbocycles. The van der Waals surface area contributed by atoms with E-state index in [1.54, 1.807) is 0 Å². The zero-order chi connectivity index (χ0) is 17.9. The largest absolute Gasteiger partial charge is 0.494 e. The number of non-ortho nitro benzene ring substituents is 1. The first-order valence-corrected chi connectivity index (χ1v) is 6.54. The summed E-state index contributed by atoms with van der Waals surface area (Å²) in [4.78, 5) is 32.6. The Kier molecular flexibility index (Phi) is 4.64. The van der Waals surface area contributed by atoms with Crippen molar-refractivity contribution in [3.05, 3.63) is 57.6 Å². The molecule has 2 aromatic rings. The van der Waals surface area contributed by atoms with E-state index in [1.807, 2.05) is 0 Å². The number of hydrogen-bond donors (Lipinski definition) is 3. The molecule has 0 atom stereocenters. The fourth-order valence-corrected chi connectivity index (χ4v) is 2.10. The molecule has 0 spiro atoms. The monoisotopic (exact) mass is 332 g/mol. The van der Waals surface area contributed by atoms with Gasteiger partial charge in [-0.3, -0.25) is 10.1 Å². The van der Waals surface area contributed by atoms with E-state index in [9.17, 15) is 24.8 Å². The number of carboxylic acids is 2. The van der Waals surface area contributed by atoms with Crippen molar-refractivity contribution in [3.8, 4) is 5.75 Å². The van der Waals surface area contributed by atoms with Gasteiger partial charge in [0.05, 0.1) is 29.0 Å². The molecule has 0 aromatic heterocycles. The summed E-state index contributed by atoms with van der Waals surface area (Å²) >= 11 is 0. The predicted molar refractivity (Wildman–Crippen MR) is 83.3 cm³/mol.